The van der Waals surface area contributed by atoms with Gasteiger partial charge in [0.05, 0.1) is 5.57 Å². The maximum absolute atomic E-state index is 13.4. The lowest BCUT2D eigenvalue weighted by molar-refractivity contribution is -0.134. The maximum atomic E-state index is 13.4. The first-order valence-electron chi connectivity index (χ1n) is 17.2. The number of rotatable bonds is 9. The van der Waals surface area contributed by atoms with Gasteiger partial charge >= 0.3 is 0 Å². The summed E-state index contributed by atoms with van der Waals surface area (Å²) in [6.45, 7) is 12.4. The molecule has 1 aromatic rings. The molecule has 1 aromatic carbocycles. The van der Waals surface area contributed by atoms with Crippen molar-refractivity contribution < 1.29 is 14.3 Å². The van der Waals surface area contributed by atoms with Crippen molar-refractivity contribution in [2.24, 2.45) is 11.8 Å². The first kappa shape index (κ1) is 31.2. The van der Waals surface area contributed by atoms with Gasteiger partial charge in [-0.25, -0.2) is 0 Å². The van der Waals surface area contributed by atoms with E-state index in [0.29, 0.717) is 11.8 Å². The van der Waals surface area contributed by atoms with Crippen LogP contribution in [0.1, 0.15) is 95.2 Å². The maximum Gasteiger partial charge on any atom is 0.258 e. The Bertz CT molecular complexity index is 1540. The van der Waals surface area contributed by atoms with E-state index in [0.717, 1.165) is 98.5 Å². The third kappa shape index (κ3) is 6.61. The molecule has 6 rings (SSSR count). The Morgan fingerprint density at radius 2 is 1.82 bits per heavy atom. The summed E-state index contributed by atoms with van der Waals surface area (Å²) in [4.78, 5) is 27.9. The van der Waals surface area contributed by atoms with E-state index in [2.05, 4.69) is 86.9 Å². The number of fused-ring (bicyclic) bond motifs is 1. The number of carbonyl (C=O) groups is 2. The second-order valence-electron chi connectivity index (χ2n) is 13.3. The number of benzene rings is 1. The molecule has 0 radical (unpaired) electrons. The highest BCUT2D eigenvalue weighted by Gasteiger charge is 2.37. The Kier molecular flexibility index (Phi) is 9.21. The van der Waals surface area contributed by atoms with E-state index in [1.54, 1.807) is 0 Å². The SMILES string of the molecule is CCC1=C(OC2CCN(C(=O)C3CC3)CC2)C=CC(N/C(C)=C2\C(=O)NC3=CC(CC)C(c4cc(CC)ccc4C)C=C32)=CC1. The normalized spacial score (nSPS) is 24.8. The van der Waals surface area contributed by atoms with E-state index in [1.807, 2.05) is 11.8 Å². The van der Waals surface area contributed by atoms with Gasteiger partial charge in [0.15, 0.2) is 0 Å². The number of carbonyl (C=O) groups excluding carboxylic acids is 2. The Morgan fingerprint density at radius 3 is 2.51 bits per heavy atom. The number of likely N-dealkylation sites (tertiary alicyclic amines) is 1. The van der Waals surface area contributed by atoms with E-state index in [1.165, 1.54) is 22.3 Å². The molecule has 6 nitrogen and oxygen atoms in total. The summed E-state index contributed by atoms with van der Waals surface area (Å²) in [6.07, 6.45) is 18.6. The van der Waals surface area contributed by atoms with Gasteiger partial charge in [-0.15, -0.1) is 0 Å². The number of nitrogens with zero attached hydrogens (tertiary/aromatic N) is 1. The van der Waals surface area contributed by atoms with Gasteiger partial charge in [-0.3, -0.25) is 9.59 Å². The van der Waals surface area contributed by atoms with Crippen molar-refractivity contribution in [3.05, 3.63) is 105 Å². The van der Waals surface area contributed by atoms with Crippen LogP contribution >= 0.6 is 0 Å². The number of ether oxygens (including phenoxy) is 1. The summed E-state index contributed by atoms with van der Waals surface area (Å²) in [7, 11) is 0. The van der Waals surface area contributed by atoms with Crippen LogP contribution in [0, 0.1) is 18.8 Å². The predicted octanol–water partition coefficient (Wildman–Crippen LogP) is 7.41. The molecule has 45 heavy (non-hydrogen) atoms. The average molecular weight is 608 g/mol. The highest BCUT2D eigenvalue weighted by molar-refractivity contribution is 6.06. The molecule has 2 N–H and O–H groups in total. The lowest BCUT2D eigenvalue weighted by atomic mass is 9.76. The van der Waals surface area contributed by atoms with Gasteiger partial charge in [0, 0.05) is 60.4 Å². The third-order valence-corrected chi connectivity index (χ3v) is 10.2. The van der Waals surface area contributed by atoms with Crippen LogP contribution in [-0.4, -0.2) is 35.9 Å². The fraction of sp³-hybridized carbons (Fsp3) is 0.487. The van der Waals surface area contributed by atoms with Gasteiger partial charge in [0.1, 0.15) is 11.9 Å². The number of hydrogen-bond acceptors (Lipinski definition) is 4. The molecule has 2 aliphatic heterocycles. The molecule has 2 amide bonds. The van der Waals surface area contributed by atoms with Crippen LogP contribution in [0.2, 0.25) is 0 Å². The topological polar surface area (TPSA) is 70.7 Å². The van der Waals surface area contributed by atoms with Crippen molar-refractivity contribution in [3.8, 4) is 0 Å². The predicted molar refractivity (Wildman–Crippen MR) is 180 cm³/mol. The number of hydrogen-bond donors (Lipinski definition) is 2. The molecule has 5 aliphatic rings. The van der Waals surface area contributed by atoms with E-state index in [9.17, 15) is 9.59 Å². The van der Waals surface area contributed by atoms with Crippen molar-refractivity contribution in [3.63, 3.8) is 0 Å². The molecule has 2 heterocycles. The minimum absolute atomic E-state index is 0.0480. The molecule has 1 saturated carbocycles. The van der Waals surface area contributed by atoms with Gasteiger partial charge in [-0.05, 0) is 92.7 Å². The molecule has 3 fully saturated rings. The molecule has 6 heteroatoms. The van der Waals surface area contributed by atoms with Crippen molar-refractivity contribution in [1.29, 1.82) is 0 Å². The van der Waals surface area contributed by atoms with Crippen LogP contribution in [0.25, 0.3) is 0 Å². The molecule has 0 bridgehead atoms. The summed E-state index contributed by atoms with van der Waals surface area (Å²) in [5.41, 5.74) is 9.73. The van der Waals surface area contributed by atoms with Crippen LogP contribution in [0.5, 0.6) is 0 Å². The second kappa shape index (κ2) is 13.3. The molecule has 2 saturated heterocycles. The molecular formula is C39H49N3O3. The zero-order valence-corrected chi connectivity index (χ0v) is 27.7. The molecule has 2 atom stereocenters. The van der Waals surface area contributed by atoms with Gasteiger partial charge < -0.3 is 20.3 Å². The Labute approximate surface area is 269 Å². The highest BCUT2D eigenvalue weighted by atomic mass is 16.5. The van der Waals surface area contributed by atoms with Crippen LogP contribution in [0.4, 0.5) is 0 Å². The van der Waals surface area contributed by atoms with Gasteiger partial charge in [0.25, 0.3) is 5.91 Å². The van der Waals surface area contributed by atoms with Crippen LogP contribution in [0.3, 0.4) is 0 Å². The minimum atomic E-state index is -0.0480. The summed E-state index contributed by atoms with van der Waals surface area (Å²) in [6, 6.07) is 6.81. The number of aryl methyl sites for hydroxylation is 2. The van der Waals surface area contributed by atoms with Crippen molar-refractivity contribution in [2.45, 2.75) is 98.0 Å². The van der Waals surface area contributed by atoms with E-state index in [4.69, 9.17) is 4.74 Å². The van der Waals surface area contributed by atoms with Gasteiger partial charge in [-0.2, -0.15) is 0 Å². The number of nitrogens with one attached hydrogen (secondary N) is 2. The zero-order valence-electron chi connectivity index (χ0n) is 27.7. The van der Waals surface area contributed by atoms with Crippen LogP contribution in [-0.2, 0) is 20.7 Å². The fourth-order valence-corrected chi connectivity index (χ4v) is 7.23. The van der Waals surface area contributed by atoms with Crippen LogP contribution in [0.15, 0.2) is 88.1 Å². The summed E-state index contributed by atoms with van der Waals surface area (Å²) < 4.78 is 6.56. The Morgan fingerprint density at radius 1 is 1.04 bits per heavy atom. The summed E-state index contributed by atoms with van der Waals surface area (Å²) in [5.74, 6) is 2.07. The zero-order chi connectivity index (χ0) is 31.7. The van der Waals surface area contributed by atoms with Crippen molar-refractivity contribution in [1.82, 2.24) is 15.5 Å². The molecule has 238 valence electrons. The summed E-state index contributed by atoms with van der Waals surface area (Å²) >= 11 is 0. The number of piperidine rings is 1. The van der Waals surface area contributed by atoms with Gasteiger partial charge in [0.2, 0.25) is 5.91 Å². The van der Waals surface area contributed by atoms with E-state index in [-0.39, 0.29) is 23.8 Å². The smallest absolute Gasteiger partial charge is 0.258 e. The number of allylic oxidation sites excluding steroid dienone is 8. The minimum Gasteiger partial charge on any atom is -0.490 e. The number of amides is 2. The van der Waals surface area contributed by atoms with E-state index >= 15 is 0 Å². The molecule has 2 unspecified atom stereocenters. The quantitative estimate of drug-likeness (QED) is 0.287. The first-order chi connectivity index (χ1) is 21.8. The second-order valence-corrected chi connectivity index (χ2v) is 13.3. The van der Waals surface area contributed by atoms with Crippen molar-refractivity contribution >= 4 is 11.8 Å². The standard InChI is InChI=1S/C39H49N3O3/c1-6-26-10-9-24(4)32(21-26)33-23-34-35(22-28(33)8-3)41-38(43)37(34)25(5)40-30-14-13-27(7-2)36(16-15-30)45-31-17-19-42(20-18-31)39(44)29-11-12-29/h9-10,14-16,21-23,28-29,31,33,40H,6-8,11-13,17-20H2,1-5H3,(H,41,43)/b37-25-. The van der Waals surface area contributed by atoms with Crippen LogP contribution < -0.4 is 10.6 Å². The Balaban J connectivity index is 1.18. The van der Waals surface area contributed by atoms with Crippen molar-refractivity contribution in [2.75, 3.05) is 13.1 Å². The lowest BCUT2D eigenvalue weighted by Gasteiger charge is -2.33. The average Bonchev–Trinajstić information content (AvgIpc) is 3.87. The first-order valence-corrected chi connectivity index (χ1v) is 17.2. The fourth-order valence-electron chi connectivity index (χ4n) is 7.23. The van der Waals surface area contributed by atoms with E-state index < -0.39 is 0 Å². The molecule has 3 aliphatic carbocycles. The van der Waals surface area contributed by atoms with Gasteiger partial charge in [-0.1, -0.05) is 57.2 Å². The molecule has 0 spiro atoms. The largest absolute Gasteiger partial charge is 0.490 e. The third-order valence-electron chi connectivity index (χ3n) is 10.2. The lowest BCUT2D eigenvalue weighted by Crippen LogP contribution is -2.41. The molecular weight excluding hydrogens is 558 g/mol. The highest BCUT2D eigenvalue weighted by Crippen LogP contribution is 2.42. The molecule has 0 aromatic heterocycles. The Hall–Kier alpha value is -3.80. The summed E-state index contributed by atoms with van der Waals surface area (Å²) in [5, 5.41) is 6.74. The monoisotopic (exact) mass is 607 g/mol.